The van der Waals surface area contributed by atoms with Crippen LogP contribution in [0.5, 0.6) is 0 Å². The van der Waals surface area contributed by atoms with Gasteiger partial charge in [0.25, 0.3) is 0 Å². The van der Waals surface area contributed by atoms with Crippen molar-refractivity contribution in [3.05, 3.63) is 29.8 Å². The molecule has 0 aliphatic rings. The maximum atomic E-state index is 11.9. The van der Waals surface area contributed by atoms with Gasteiger partial charge in [0.15, 0.2) is 0 Å². The third kappa shape index (κ3) is 5.37. The molecule has 2 N–H and O–H groups in total. The summed E-state index contributed by atoms with van der Waals surface area (Å²) in [5.41, 5.74) is 0.561. The van der Waals surface area contributed by atoms with E-state index in [4.69, 9.17) is 9.84 Å². The number of rotatable bonds is 8. The lowest BCUT2D eigenvalue weighted by atomic mass is 10.2. The minimum absolute atomic E-state index is 0.123. The van der Waals surface area contributed by atoms with Crippen LogP contribution < -0.4 is 4.72 Å². The molecule has 6 nitrogen and oxygen atoms in total. The van der Waals surface area contributed by atoms with Crippen LogP contribution in [0.2, 0.25) is 0 Å². The average Bonchev–Trinajstić information content (AvgIpc) is 2.35. The smallest absolute Gasteiger partial charge is 0.307 e. The summed E-state index contributed by atoms with van der Waals surface area (Å²) in [7, 11) is -1.99. The van der Waals surface area contributed by atoms with Gasteiger partial charge in [0.1, 0.15) is 0 Å². The SMILES string of the molecule is COCCCNS(=O)(=O)c1ccc(CC(=O)O)cc1. The molecule has 0 aromatic heterocycles. The van der Waals surface area contributed by atoms with Crippen LogP contribution in [-0.4, -0.2) is 39.8 Å². The van der Waals surface area contributed by atoms with Crippen molar-refractivity contribution in [2.24, 2.45) is 0 Å². The van der Waals surface area contributed by atoms with Gasteiger partial charge in [-0.25, -0.2) is 13.1 Å². The Kier molecular flexibility index (Phi) is 5.94. The van der Waals surface area contributed by atoms with Crippen LogP contribution in [0.1, 0.15) is 12.0 Å². The molecular weight excluding hydrogens is 270 g/mol. The molecule has 106 valence electrons. The molecule has 0 atom stereocenters. The van der Waals surface area contributed by atoms with Crippen LogP contribution >= 0.6 is 0 Å². The van der Waals surface area contributed by atoms with Gasteiger partial charge in [0.2, 0.25) is 10.0 Å². The molecule has 0 fully saturated rings. The highest BCUT2D eigenvalue weighted by molar-refractivity contribution is 7.89. The van der Waals surface area contributed by atoms with E-state index in [0.29, 0.717) is 25.1 Å². The molecule has 0 amide bonds. The number of carbonyl (C=O) groups is 1. The number of nitrogens with one attached hydrogen (secondary N) is 1. The first-order valence-electron chi connectivity index (χ1n) is 5.75. The minimum Gasteiger partial charge on any atom is -0.481 e. The first kappa shape index (κ1) is 15.6. The Balaban J connectivity index is 2.65. The van der Waals surface area contributed by atoms with Gasteiger partial charge < -0.3 is 9.84 Å². The van der Waals surface area contributed by atoms with Gasteiger partial charge in [-0.1, -0.05) is 12.1 Å². The number of aliphatic carboxylic acids is 1. The van der Waals surface area contributed by atoms with E-state index < -0.39 is 16.0 Å². The fraction of sp³-hybridized carbons (Fsp3) is 0.417. The third-order valence-electron chi connectivity index (χ3n) is 2.41. The third-order valence-corrected chi connectivity index (χ3v) is 3.88. The maximum Gasteiger partial charge on any atom is 0.307 e. The first-order chi connectivity index (χ1) is 8.95. The van der Waals surface area contributed by atoms with Crippen LogP contribution in [0.4, 0.5) is 0 Å². The molecule has 0 heterocycles. The van der Waals surface area contributed by atoms with Gasteiger partial charge in [-0.05, 0) is 24.1 Å². The topological polar surface area (TPSA) is 92.7 Å². The summed E-state index contributed by atoms with van der Waals surface area (Å²) < 4.78 is 31.0. The summed E-state index contributed by atoms with van der Waals surface area (Å²) >= 11 is 0. The molecule has 19 heavy (non-hydrogen) atoms. The van der Waals surface area contributed by atoms with Gasteiger partial charge in [0, 0.05) is 20.3 Å². The Morgan fingerprint density at radius 2 is 1.95 bits per heavy atom. The zero-order valence-corrected chi connectivity index (χ0v) is 11.4. The second-order valence-corrected chi connectivity index (χ2v) is 5.73. The lowest BCUT2D eigenvalue weighted by molar-refractivity contribution is -0.136. The van der Waals surface area contributed by atoms with Gasteiger partial charge in [0.05, 0.1) is 11.3 Å². The van der Waals surface area contributed by atoms with Crippen molar-refractivity contribution in [2.45, 2.75) is 17.7 Å². The second kappa shape index (κ2) is 7.22. The molecule has 7 heteroatoms. The monoisotopic (exact) mass is 287 g/mol. The van der Waals surface area contributed by atoms with Crippen LogP contribution in [0.3, 0.4) is 0 Å². The van der Waals surface area contributed by atoms with Crippen LogP contribution in [0.25, 0.3) is 0 Å². The molecule has 0 spiro atoms. The van der Waals surface area contributed by atoms with E-state index in [1.54, 1.807) is 7.11 Å². The zero-order valence-electron chi connectivity index (χ0n) is 10.6. The summed E-state index contributed by atoms with van der Waals surface area (Å²) in [4.78, 5) is 10.6. The Labute approximate surface area is 112 Å². The standard InChI is InChI=1S/C12H17NO5S/c1-18-8-2-7-13-19(16,17)11-5-3-10(4-6-11)9-12(14)15/h3-6,13H,2,7-9H2,1H3,(H,14,15). The second-order valence-electron chi connectivity index (χ2n) is 3.96. The van der Waals surface area contributed by atoms with Gasteiger partial charge in [-0.2, -0.15) is 0 Å². The highest BCUT2D eigenvalue weighted by atomic mass is 32.2. The van der Waals surface area contributed by atoms with Crippen molar-refractivity contribution in [1.29, 1.82) is 0 Å². The number of sulfonamides is 1. The predicted molar refractivity (Wildman–Crippen MR) is 69.5 cm³/mol. The lowest BCUT2D eigenvalue weighted by Gasteiger charge is -2.07. The van der Waals surface area contributed by atoms with Gasteiger partial charge in [-0.15, -0.1) is 0 Å². The quantitative estimate of drug-likeness (QED) is 0.684. The Morgan fingerprint density at radius 1 is 1.32 bits per heavy atom. The number of methoxy groups -OCH3 is 1. The van der Waals surface area contributed by atoms with Crippen LogP contribution in [0, 0.1) is 0 Å². The van der Waals surface area contributed by atoms with Crippen LogP contribution in [0.15, 0.2) is 29.2 Å². The van der Waals surface area contributed by atoms with E-state index in [9.17, 15) is 13.2 Å². The molecule has 1 aromatic carbocycles. The van der Waals surface area contributed by atoms with Gasteiger partial charge in [-0.3, -0.25) is 4.79 Å². The number of ether oxygens (including phenoxy) is 1. The van der Waals surface area contributed by atoms with E-state index >= 15 is 0 Å². The molecule has 0 saturated heterocycles. The molecule has 1 rings (SSSR count). The maximum absolute atomic E-state index is 11.9. The summed E-state index contributed by atoms with van der Waals surface area (Å²) in [6, 6.07) is 5.80. The average molecular weight is 287 g/mol. The van der Waals surface area contributed by atoms with E-state index in [1.165, 1.54) is 24.3 Å². The molecular formula is C12H17NO5S. The Morgan fingerprint density at radius 3 is 2.47 bits per heavy atom. The van der Waals surface area contributed by atoms with Crippen LogP contribution in [-0.2, 0) is 26.0 Å². The van der Waals surface area contributed by atoms with Crippen molar-refractivity contribution >= 4 is 16.0 Å². The van der Waals surface area contributed by atoms with E-state index in [0.717, 1.165) is 0 Å². The largest absolute Gasteiger partial charge is 0.481 e. The summed E-state index contributed by atoms with van der Waals surface area (Å²) in [5.74, 6) is -0.951. The summed E-state index contributed by atoms with van der Waals surface area (Å²) in [5, 5.41) is 8.62. The molecule has 1 aromatic rings. The lowest BCUT2D eigenvalue weighted by Crippen LogP contribution is -2.25. The highest BCUT2D eigenvalue weighted by Gasteiger charge is 2.13. The molecule has 0 aliphatic carbocycles. The first-order valence-corrected chi connectivity index (χ1v) is 7.23. The van der Waals surface area contributed by atoms with Crippen molar-refractivity contribution in [3.8, 4) is 0 Å². The molecule has 0 unspecified atom stereocenters. The number of carboxylic acid groups (broad SMARTS) is 1. The number of benzene rings is 1. The Hall–Kier alpha value is -1.44. The fourth-order valence-electron chi connectivity index (χ4n) is 1.47. The number of hydrogen-bond acceptors (Lipinski definition) is 4. The minimum atomic E-state index is -3.54. The molecule has 0 saturated carbocycles. The number of hydrogen-bond donors (Lipinski definition) is 2. The van der Waals surface area contributed by atoms with Crippen molar-refractivity contribution in [2.75, 3.05) is 20.3 Å². The zero-order chi connectivity index (χ0) is 14.3. The molecule has 0 aliphatic heterocycles. The normalized spacial score (nSPS) is 11.4. The predicted octanol–water partition coefficient (Wildman–Crippen LogP) is 0.628. The highest BCUT2D eigenvalue weighted by Crippen LogP contribution is 2.11. The fourth-order valence-corrected chi connectivity index (χ4v) is 2.54. The van der Waals surface area contributed by atoms with Crippen molar-refractivity contribution < 1.29 is 23.1 Å². The summed E-state index contributed by atoms with van der Waals surface area (Å²) in [6.45, 7) is 0.785. The van der Waals surface area contributed by atoms with E-state index in [-0.39, 0.29) is 11.3 Å². The van der Waals surface area contributed by atoms with E-state index in [2.05, 4.69) is 4.72 Å². The molecule has 0 radical (unpaired) electrons. The van der Waals surface area contributed by atoms with E-state index in [1.807, 2.05) is 0 Å². The van der Waals surface area contributed by atoms with Gasteiger partial charge >= 0.3 is 5.97 Å². The molecule has 0 bridgehead atoms. The Bertz CT molecular complexity index is 509. The number of carboxylic acids is 1. The summed E-state index contributed by atoms with van der Waals surface area (Å²) in [6.07, 6.45) is 0.467. The van der Waals surface area contributed by atoms with Crippen molar-refractivity contribution in [1.82, 2.24) is 4.72 Å². The van der Waals surface area contributed by atoms with Crippen molar-refractivity contribution in [3.63, 3.8) is 0 Å².